The summed E-state index contributed by atoms with van der Waals surface area (Å²) in [6.07, 6.45) is 2.33. The van der Waals surface area contributed by atoms with Crippen molar-refractivity contribution in [1.29, 1.82) is 0 Å². The number of carbonyl (C=O) groups is 1. The van der Waals surface area contributed by atoms with Crippen molar-refractivity contribution in [2.45, 2.75) is 19.8 Å². The van der Waals surface area contributed by atoms with E-state index >= 15 is 0 Å². The summed E-state index contributed by atoms with van der Waals surface area (Å²) in [6, 6.07) is 6.69. The first-order chi connectivity index (χ1) is 12.0. The summed E-state index contributed by atoms with van der Waals surface area (Å²) in [4.78, 5) is 29.3. The van der Waals surface area contributed by atoms with Crippen LogP contribution in [-0.2, 0) is 4.79 Å². The number of nitro benzene ring substituents is 1. The molecule has 0 aromatic heterocycles. The molecule has 2 fully saturated rings. The normalized spacial score (nSPS) is 22.0. The third kappa shape index (κ3) is 4.48. The molecule has 7 nitrogen and oxygen atoms in total. The third-order valence-electron chi connectivity index (χ3n) is 5.17. The second-order valence-electron chi connectivity index (χ2n) is 7.12. The summed E-state index contributed by atoms with van der Waals surface area (Å²) in [6.45, 7) is 7.85. The van der Waals surface area contributed by atoms with Crippen molar-refractivity contribution >= 4 is 17.3 Å². The Hall–Kier alpha value is -2.15. The van der Waals surface area contributed by atoms with Gasteiger partial charge in [-0.15, -0.1) is 0 Å². The fourth-order valence-corrected chi connectivity index (χ4v) is 3.66. The van der Waals surface area contributed by atoms with Gasteiger partial charge in [0.05, 0.1) is 11.5 Å². The van der Waals surface area contributed by atoms with Crippen molar-refractivity contribution in [2.75, 3.05) is 50.7 Å². The van der Waals surface area contributed by atoms with Crippen LogP contribution < -0.4 is 4.90 Å². The van der Waals surface area contributed by atoms with Crippen LogP contribution in [0.15, 0.2) is 24.3 Å². The minimum Gasteiger partial charge on any atom is -0.369 e. The molecule has 0 aliphatic carbocycles. The molecule has 3 rings (SSSR count). The lowest BCUT2D eigenvalue weighted by Crippen LogP contribution is -2.51. The number of piperazine rings is 1. The van der Waals surface area contributed by atoms with Gasteiger partial charge < -0.3 is 9.80 Å². The van der Waals surface area contributed by atoms with Crippen LogP contribution in [0.2, 0.25) is 0 Å². The minimum absolute atomic E-state index is 0.115. The van der Waals surface area contributed by atoms with E-state index in [0.29, 0.717) is 12.5 Å². The van der Waals surface area contributed by atoms with Gasteiger partial charge in [-0.2, -0.15) is 0 Å². The maximum absolute atomic E-state index is 12.5. The molecule has 2 aliphatic heterocycles. The number of nitrogens with zero attached hydrogens (tertiary/aromatic N) is 4. The Kier molecular flexibility index (Phi) is 5.53. The number of carbonyl (C=O) groups excluding carboxylic acids is 1. The number of amides is 1. The van der Waals surface area contributed by atoms with Crippen molar-refractivity contribution in [3.8, 4) is 0 Å². The van der Waals surface area contributed by atoms with Gasteiger partial charge in [0, 0.05) is 57.1 Å². The van der Waals surface area contributed by atoms with Crippen molar-refractivity contribution in [1.82, 2.24) is 9.80 Å². The first kappa shape index (κ1) is 17.7. The zero-order chi connectivity index (χ0) is 17.8. The molecule has 0 radical (unpaired) electrons. The summed E-state index contributed by atoms with van der Waals surface area (Å²) < 4.78 is 0. The molecule has 0 spiro atoms. The molecule has 1 aromatic rings. The number of rotatable bonds is 4. The van der Waals surface area contributed by atoms with Gasteiger partial charge in [0.2, 0.25) is 5.91 Å². The van der Waals surface area contributed by atoms with Gasteiger partial charge in [0.15, 0.2) is 0 Å². The van der Waals surface area contributed by atoms with Crippen LogP contribution in [0.25, 0.3) is 0 Å². The highest BCUT2D eigenvalue weighted by Gasteiger charge is 2.24. The van der Waals surface area contributed by atoms with E-state index in [0.717, 1.165) is 51.4 Å². The first-order valence-corrected chi connectivity index (χ1v) is 9.02. The van der Waals surface area contributed by atoms with E-state index in [1.807, 2.05) is 4.90 Å². The predicted octanol–water partition coefficient (Wildman–Crippen LogP) is 1.98. The number of benzene rings is 1. The lowest BCUT2D eigenvalue weighted by atomic mass is 10.0. The molecule has 1 aromatic carbocycles. The lowest BCUT2D eigenvalue weighted by Gasteiger charge is -2.37. The van der Waals surface area contributed by atoms with Crippen LogP contribution in [0.4, 0.5) is 11.4 Å². The van der Waals surface area contributed by atoms with Crippen molar-refractivity contribution in [2.24, 2.45) is 5.92 Å². The molecule has 2 saturated heterocycles. The first-order valence-electron chi connectivity index (χ1n) is 9.02. The zero-order valence-corrected chi connectivity index (χ0v) is 14.8. The summed E-state index contributed by atoms with van der Waals surface area (Å²) in [5.74, 6) is 0.854. The average molecular weight is 346 g/mol. The highest BCUT2D eigenvalue weighted by atomic mass is 16.6. The fraction of sp³-hybridized carbons (Fsp3) is 0.611. The quantitative estimate of drug-likeness (QED) is 0.616. The Morgan fingerprint density at radius 3 is 2.44 bits per heavy atom. The third-order valence-corrected chi connectivity index (χ3v) is 5.17. The van der Waals surface area contributed by atoms with Gasteiger partial charge in [-0.05, 0) is 30.9 Å². The van der Waals surface area contributed by atoms with Crippen LogP contribution in [0, 0.1) is 16.0 Å². The molecule has 0 bridgehead atoms. The van der Waals surface area contributed by atoms with Gasteiger partial charge >= 0.3 is 0 Å². The van der Waals surface area contributed by atoms with Gasteiger partial charge in [0.1, 0.15) is 0 Å². The molecule has 1 atom stereocenters. The van der Waals surface area contributed by atoms with E-state index in [1.54, 1.807) is 24.3 Å². The number of likely N-dealkylation sites (tertiary alicyclic amines) is 1. The van der Waals surface area contributed by atoms with Gasteiger partial charge in [-0.1, -0.05) is 6.92 Å². The van der Waals surface area contributed by atoms with Gasteiger partial charge in [-0.25, -0.2) is 0 Å². The molecule has 1 amide bonds. The SMILES string of the molecule is C[C@H]1CCCN(C(=O)CN2CCN(c3ccc([N+](=O)[O-])cc3)CC2)C1. The number of anilines is 1. The molecular formula is C18H26N4O3. The second-order valence-corrected chi connectivity index (χ2v) is 7.12. The Labute approximate surface area is 148 Å². The largest absolute Gasteiger partial charge is 0.369 e. The van der Waals surface area contributed by atoms with Gasteiger partial charge in [-0.3, -0.25) is 19.8 Å². The highest BCUT2D eigenvalue weighted by molar-refractivity contribution is 5.78. The average Bonchev–Trinajstić information content (AvgIpc) is 2.62. The lowest BCUT2D eigenvalue weighted by molar-refractivity contribution is -0.384. The van der Waals surface area contributed by atoms with E-state index in [2.05, 4.69) is 16.7 Å². The predicted molar refractivity (Wildman–Crippen MR) is 96.7 cm³/mol. The van der Waals surface area contributed by atoms with Crippen LogP contribution in [0.5, 0.6) is 0 Å². The van der Waals surface area contributed by atoms with E-state index in [1.165, 1.54) is 6.42 Å². The van der Waals surface area contributed by atoms with Crippen molar-refractivity contribution < 1.29 is 9.72 Å². The van der Waals surface area contributed by atoms with E-state index in [4.69, 9.17) is 0 Å². The Morgan fingerprint density at radius 2 is 1.84 bits per heavy atom. The molecular weight excluding hydrogens is 320 g/mol. The number of non-ortho nitro benzene ring substituents is 1. The fourth-order valence-electron chi connectivity index (χ4n) is 3.66. The molecule has 0 unspecified atom stereocenters. The van der Waals surface area contributed by atoms with Crippen LogP contribution in [0.3, 0.4) is 0 Å². The Bertz CT molecular complexity index is 611. The minimum atomic E-state index is -0.380. The van der Waals surface area contributed by atoms with Crippen LogP contribution in [-0.4, -0.2) is 66.4 Å². The standard InChI is InChI=1S/C18H26N4O3/c1-15-3-2-8-21(13-15)18(23)14-19-9-11-20(12-10-19)16-4-6-17(7-5-16)22(24)25/h4-7,15H,2-3,8-14H2,1H3/t15-/m0/s1. The monoisotopic (exact) mass is 346 g/mol. The molecule has 0 saturated carbocycles. The molecule has 7 heteroatoms. The number of hydrogen-bond acceptors (Lipinski definition) is 5. The van der Waals surface area contributed by atoms with Crippen molar-refractivity contribution in [3.63, 3.8) is 0 Å². The summed E-state index contributed by atoms with van der Waals surface area (Å²) >= 11 is 0. The molecule has 25 heavy (non-hydrogen) atoms. The summed E-state index contributed by atoms with van der Waals surface area (Å²) in [7, 11) is 0. The van der Waals surface area contributed by atoms with Gasteiger partial charge in [0.25, 0.3) is 5.69 Å². The van der Waals surface area contributed by atoms with E-state index in [9.17, 15) is 14.9 Å². The topological polar surface area (TPSA) is 69.9 Å². The maximum atomic E-state index is 12.5. The van der Waals surface area contributed by atoms with Crippen LogP contribution >= 0.6 is 0 Å². The molecule has 136 valence electrons. The maximum Gasteiger partial charge on any atom is 0.269 e. The zero-order valence-electron chi connectivity index (χ0n) is 14.8. The van der Waals surface area contributed by atoms with E-state index < -0.39 is 0 Å². The Morgan fingerprint density at radius 1 is 1.16 bits per heavy atom. The van der Waals surface area contributed by atoms with E-state index in [-0.39, 0.29) is 16.5 Å². The number of hydrogen-bond donors (Lipinski definition) is 0. The number of piperidine rings is 1. The second kappa shape index (κ2) is 7.82. The van der Waals surface area contributed by atoms with Crippen molar-refractivity contribution in [3.05, 3.63) is 34.4 Å². The summed E-state index contributed by atoms with van der Waals surface area (Å²) in [5, 5.41) is 10.7. The molecule has 0 N–H and O–H groups in total. The molecule has 2 aliphatic rings. The van der Waals surface area contributed by atoms with Crippen LogP contribution in [0.1, 0.15) is 19.8 Å². The highest BCUT2D eigenvalue weighted by Crippen LogP contribution is 2.21. The number of nitro groups is 1. The summed E-state index contributed by atoms with van der Waals surface area (Å²) in [5.41, 5.74) is 1.12. The Balaban J connectivity index is 1.48. The smallest absolute Gasteiger partial charge is 0.269 e. The molecule has 2 heterocycles.